The molecule has 1 heteroatoms. The van der Waals surface area contributed by atoms with Crippen molar-refractivity contribution in [2.24, 2.45) is 23.7 Å². The minimum absolute atomic E-state index is 0. The zero-order valence-corrected chi connectivity index (χ0v) is 6.03. The molecule has 0 N–H and O–H groups in total. The van der Waals surface area contributed by atoms with Crippen LogP contribution in [-0.4, -0.2) is 48.9 Å². The molecule has 1 saturated carbocycles. The van der Waals surface area contributed by atoms with E-state index in [0.29, 0.717) is 0 Å². The van der Waals surface area contributed by atoms with Crippen LogP contribution in [0.4, 0.5) is 0 Å². The zero-order valence-electron chi connectivity index (χ0n) is 6.03. The van der Waals surface area contributed by atoms with Crippen molar-refractivity contribution < 1.29 is 0 Å². The van der Waals surface area contributed by atoms with Crippen LogP contribution in [0.2, 0.25) is 0 Å². The van der Waals surface area contributed by atoms with Crippen LogP contribution in [0, 0.1) is 23.7 Å². The van der Waals surface area contributed by atoms with E-state index in [1.54, 1.807) is 0 Å². The van der Waals surface area contributed by atoms with Crippen LogP contribution >= 0.6 is 0 Å². The normalized spacial score (nSPS) is 49.5. The zero-order chi connectivity index (χ0) is 6.55. The summed E-state index contributed by atoms with van der Waals surface area (Å²) in [4.78, 5) is 0. The van der Waals surface area contributed by atoms with Gasteiger partial charge in [-0.1, -0.05) is 24.3 Å². The van der Waals surface area contributed by atoms with E-state index in [4.69, 9.17) is 0 Å². The molecule has 0 radical (unpaired) electrons. The van der Waals surface area contributed by atoms with Gasteiger partial charge in [-0.05, 0) is 36.5 Å². The van der Waals surface area contributed by atoms with E-state index in [9.17, 15) is 0 Å². The molecule has 0 aliphatic heterocycles. The van der Waals surface area contributed by atoms with Gasteiger partial charge in [-0.2, -0.15) is 0 Å². The van der Waals surface area contributed by atoms with Crippen molar-refractivity contribution in [2.45, 2.75) is 12.8 Å². The molecule has 0 aromatic rings. The average Bonchev–Trinajstić information content (AvgIpc) is 2.60. The molecule has 3 aliphatic rings. The Morgan fingerprint density at radius 2 is 1.82 bits per heavy atom. The molecule has 1 fully saturated rings. The van der Waals surface area contributed by atoms with Gasteiger partial charge in [-0.25, -0.2) is 0 Å². The predicted octanol–water partition coefficient (Wildman–Crippen LogP) is 1.47. The molecule has 3 rings (SSSR count). The predicted molar refractivity (Wildman–Crippen MR) is 50.0 cm³/mol. The van der Waals surface area contributed by atoms with Crippen molar-refractivity contribution >= 4 is 48.9 Å². The third-order valence-corrected chi connectivity index (χ3v) is 3.46. The molecule has 2 bridgehead atoms. The Morgan fingerprint density at radius 3 is 2.64 bits per heavy atom. The third kappa shape index (κ3) is 1.15. The van der Waals surface area contributed by atoms with Crippen molar-refractivity contribution in [1.29, 1.82) is 0 Å². The fourth-order valence-corrected chi connectivity index (χ4v) is 2.97. The summed E-state index contributed by atoms with van der Waals surface area (Å²) in [6, 6.07) is 0. The second-order valence-electron chi connectivity index (χ2n) is 3.85. The fourth-order valence-electron chi connectivity index (χ4n) is 2.97. The number of hydrogen-bond donors (Lipinski definition) is 0. The summed E-state index contributed by atoms with van der Waals surface area (Å²) in [5.41, 5.74) is 0. The second-order valence-corrected chi connectivity index (χ2v) is 3.85. The third-order valence-electron chi connectivity index (χ3n) is 3.46. The van der Waals surface area contributed by atoms with Gasteiger partial charge in [0, 0.05) is 0 Å². The van der Waals surface area contributed by atoms with Gasteiger partial charge in [0.15, 0.2) is 0 Å². The van der Waals surface area contributed by atoms with E-state index in [1.165, 1.54) is 12.8 Å². The van der Waals surface area contributed by atoms with E-state index >= 15 is 0 Å². The van der Waals surface area contributed by atoms with Crippen LogP contribution in [0.1, 0.15) is 12.8 Å². The molecule has 0 aromatic heterocycles. The molecular weight excluding hydrogens is 257 g/mol. The average molecular weight is 272 g/mol. The van der Waals surface area contributed by atoms with Crippen LogP contribution in [0.3, 0.4) is 0 Å². The molecule has 3 aliphatic carbocycles. The summed E-state index contributed by atoms with van der Waals surface area (Å²) in [7, 11) is 0. The minimum atomic E-state index is 0. The van der Waals surface area contributed by atoms with E-state index in [0.717, 1.165) is 23.7 Å². The van der Waals surface area contributed by atoms with Gasteiger partial charge in [0.25, 0.3) is 0 Å². The van der Waals surface area contributed by atoms with Crippen molar-refractivity contribution in [1.82, 2.24) is 0 Å². The van der Waals surface area contributed by atoms with Gasteiger partial charge in [-0.15, -0.1) is 0 Å². The Hall–Kier alpha value is 1.05. The van der Waals surface area contributed by atoms with Gasteiger partial charge in [0.1, 0.15) is 0 Å². The monoisotopic (exact) mass is 272 g/mol. The standard InChI is InChI=1S/C10H12.Ba.2H/c1-2-9-7-4-5-8(6-7)10(9)3-1;;;/h1-2,4-5,7-10H,3,6H2;;;. The van der Waals surface area contributed by atoms with Crippen molar-refractivity contribution in [3.05, 3.63) is 24.3 Å². The molecule has 0 aromatic carbocycles. The topological polar surface area (TPSA) is 0 Å². The number of allylic oxidation sites excluding steroid dienone is 4. The van der Waals surface area contributed by atoms with E-state index < -0.39 is 0 Å². The molecule has 0 saturated heterocycles. The summed E-state index contributed by atoms with van der Waals surface area (Å²) >= 11 is 0. The summed E-state index contributed by atoms with van der Waals surface area (Å²) in [5, 5.41) is 0. The number of hydrogen-bond acceptors (Lipinski definition) is 0. The van der Waals surface area contributed by atoms with Crippen LogP contribution in [-0.2, 0) is 0 Å². The quantitative estimate of drug-likeness (QED) is 0.462. The second kappa shape index (κ2) is 3.08. The Bertz CT molecular complexity index is 217. The van der Waals surface area contributed by atoms with Gasteiger partial charge in [0.2, 0.25) is 0 Å². The molecular formula is C10H14Ba. The van der Waals surface area contributed by atoms with Crippen LogP contribution in [0.15, 0.2) is 24.3 Å². The molecule has 11 heavy (non-hydrogen) atoms. The first-order chi connectivity index (χ1) is 4.95. The first-order valence-electron chi connectivity index (χ1n) is 4.30. The van der Waals surface area contributed by atoms with E-state index in [-0.39, 0.29) is 48.9 Å². The first-order valence-corrected chi connectivity index (χ1v) is 4.30. The molecule has 56 valence electrons. The van der Waals surface area contributed by atoms with E-state index in [1.807, 2.05) is 0 Å². The Kier molecular flexibility index (Phi) is 2.42. The van der Waals surface area contributed by atoms with Gasteiger partial charge in [0.05, 0.1) is 0 Å². The first kappa shape index (κ1) is 8.64. The summed E-state index contributed by atoms with van der Waals surface area (Å²) in [6.07, 6.45) is 12.5. The fraction of sp³-hybridized carbons (Fsp3) is 0.600. The molecule has 0 amide bonds. The van der Waals surface area contributed by atoms with Gasteiger partial charge in [-0.3, -0.25) is 0 Å². The summed E-state index contributed by atoms with van der Waals surface area (Å²) in [5.74, 6) is 3.82. The van der Waals surface area contributed by atoms with Crippen molar-refractivity contribution in [3.63, 3.8) is 0 Å². The molecule has 4 atom stereocenters. The van der Waals surface area contributed by atoms with Crippen LogP contribution in [0.25, 0.3) is 0 Å². The summed E-state index contributed by atoms with van der Waals surface area (Å²) in [6.45, 7) is 0. The Morgan fingerprint density at radius 1 is 1.00 bits per heavy atom. The van der Waals surface area contributed by atoms with Crippen molar-refractivity contribution in [3.8, 4) is 0 Å². The maximum atomic E-state index is 2.44. The number of rotatable bonds is 0. The Balaban J connectivity index is 0.000000480. The van der Waals surface area contributed by atoms with Crippen LogP contribution < -0.4 is 0 Å². The molecule has 0 nitrogen and oxygen atoms in total. The molecule has 0 heterocycles. The van der Waals surface area contributed by atoms with Gasteiger partial charge < -0.3 is 0 Å². The molecule has 4 unspecified atom stereocenters. The summed E-state index contributed by atoms with van der Waals surface area (Å²) < 4.78 is 0. The van der Waals surface area contributed by atoms with Crippen LogP contribution in [0.5, 0.6) is 0 Å². The SMILES string of the molecule is C1=CC2C3C=CC(C3)C2C1.[BaH2]. The molecule has 0 spiro atoms. The maximum absolute atomic E-state index is 2.44. The van der Waals surface area contributed by atoms with E-state index in [2.05, 4.69) is 24.3 Å². The Labute approximate surface area is 108 Å². The van der Waals surface area contributed by atoms with Crippen molar-refractivity contribution in [2.75, 3.05) is 0 Å². The van der Waals surface area contributed by atoms with Gasteiger partial charge >= 0.3 is 48.9 Å². The number of fused-ring (bicyclic) bond motifs is 5.